The predicted molar refractivity (Wildman–Crippen MR) is 129 cm³/mol. The van der Waals surface area contributed by atoms with Gasteiger partial charge in [-0.3, -0.25) is 10.1 Å². The average Bonchev–Trinajstić information content (AvgIpc) is 3.47. The number of carbonyl (C=O) groups is 2. The number of primary amides is 1. The molecule has 2 amide bonds. The maximum Gasteiger partial charge on any atom is 0.435 e. The van der Waals surface area contributed by atoms with Crippen molar-refractivity contribution in [3.63, 3.8) is 0 Å². The van der Waals surface area contributed by atoms with E-state index in [1.165, 1.54) is 31.4 Å². The molecule has 0 saturated carbocycles. The first-order chi connectivity index (χ1) is 17.6. The van der Waals surface area contributed by atoms with E-state index < -0.39 is 29.8 Å². The van der Waals surface area contributed by atoms with Gasteiger partial charge in [0, 0.05) is 36.0 Å². The second kappa shape index (κ2) is 10.2. The fourth-order valence-electron chi connectivity index (χ4n) is 3.94. The summed E-state index contributed by atoms with van der Waals surface area (Å²) < 4.78 is 46.0. The Balaban J connectivity index is 1.56. The lowest BCUT2D eigenvalue weighted by atomic mass is 10.1. The molecule has 3 N–H and O–H groups in total. The van der Waals surface area contributed by atoms with Crippen molar-refractivity contribution in [2.45, 2.75) is 25.9 Å². The number of hydrogen-bond donors (Lipinski definition) is 2. The quantitative estimate of drug-likeness (QED) is 0.466. The van der Waals surface area contributed by atoms with E-state index in [1.54, 1.807) is 18.2 Å². The summed E-state index contributed by atoms with van der Waals surface area (Å²) in [5, 5.41) is 10.1. The molecule has 3 aromatic rings. The Labute approximate surface area is 209 Å². The average molecular weight is 516 g/mol. The number of amidine groups is 1. The molecule has 0 bridgehead atoms. The lowest BCUT2D eigenvalue weighted by Crippen LogP contribution is -2.25. The second-order valence-electron chi connectivity index (χ2n) is 8.15. The number of amides is 2. The van der Waals surface area contributed by atoms with Crippen LogP contribution in [0.1, 0.15) is 34.5 Å². The molecule has 2 aromatic carbocycles. The molecule has 0 unspecified atom stereocenters. The third-order valence-corrected chi connectivity index (χ3v) is 5.56. The van der Waals surface area contributed by atoms with Crippen LogP contribution < -0.4 is 20.7 Å². The highest BCUT2D eigenvalue weighted by Crippen LogP contribution is 2.33. The van der Waals surface area contributed by atoms with Gasteiger partial charge in [-0.15, -0.1) is 0 Å². The molecule has 1 fully saturated rings. The van der Waals surface area contributed by atoms with E-state index in [2.05, 4.69) is 15.6 Å². The summed E-state index contributed by atoms with van der Waals surface area (Å²) in [7, 11) is 1.48. The van der Waals surface area contributed by atoms with Crippen molar-refractivity contribution in [3.8, 4) is 11.6 Å². The number of nitrogens with one attached hydrogen (secondary N) is 1. The summed E-state index contributed by atoms with van der Waals surface area (Å²) in [6, 6.07) is 11.2. The van der Waals surface area contributed by atoms with Crippen LogP contribution in [0.15, 0.2) is 53.7 Å². The number of nitrogens with zero attached hydrogens (tertiary/aromatic N) is 4. The summed E-state index contributed by atoms with van der Waals surface area (Å²) in [4.78, 5) is 31.0. The minimum Gasteiger partial charge on any atom is -0.398 e. The fraction of sp³-hybridized carbons (Fsp3) is 0.250. The van der Waals surface area contributed by atoms with E-state index in [-0.39, 0.29) is 11.3 Å². The highest BCUT2D eigenvalue weighted by molar-refractivity contribution is 6.00. The van der Waals surface area contributed by atoms with E-state index >= 15 is 0 Å². The Morgan fingerprint density at radius 2 is 1.95 bits per heavy atom. The lowest BCUT2D eigenvalue weighted by Gasteiger charge is -2.21. The molecule has 13 heteroatoms. The molecule has 10 nitrogen and oxygen atoms in total. The normalized spacial score (nSPS) is 14.6. The number of aromatic nitrogens is 2. The minimum atomic E-state index is -4.80. The van der Waals surface area contributed by atoms with Gasteiger partial charge in [0.05, 0.1) is 5.69 Å². The van der Waals surface area contributed by atoms with Gasteiger partial charge in [0.25, 0.3) is 0 Å². The van der Waals surface area contributed by atoms with Gasteiger partial charge in [-0.1, -0.05) is 11.2 Å². The monoisotopic (exact) mass is 516 g/mol. The zero-order chi connectivity index (χ0) is 26.7. The van der Waals surface area contributed by atoms with Gasteiger partial charge in [0.2, 0.25) is 11.8 Å². The Bertz CT molecular complexity index is 1370. The van der Waals surface area contributed by atoms with Crippen LogP contribution in [0, 0.1) is 6.92 Å². The summed E-state index contributed by atoms with van der Waals surface area (Å²) in [6.07, 6.45) is -4.13. The van der Waals surface area contributed by atoms with Crippen LogP contribution in [0.25, 0.3) is 5.69 Å². The largest absolute Gasteiger partial charge is 0.435 e. The molecular weight excluding hydrogens is 493 g/mol. The van der Waals surface area contributed by atoms with Gasteiger partial charge in [-0.25, -0.2) is 4.79 Å². The van der Waals surface area contributed by atoms with Gasteiger partial charge in [0.1, 0.15) is 12.9 Å². The molecule has 0 aliphatic carbocycles. The minimum absolute atomic E-state index is 0.0456. The van der Waals surface area contributed by atoms with E-state index in [4.69, 9.17) is 15.3 Å². The first-order valence-corrected chi connectivity index (χ1v) is 11.1. The number of nitrogens with two attached hydrogens (primary N) is 1. The van der Waals surface area contributed by atoms with Crippen LogP contribution in [-0.4, -0.2) is 41.3 Å². The molecule has 4 rings (SSSR count). The summed E-state index contributed by atoms with van der Waals surface area (Å²) in [6.45, 7) is 2.62. The Morgan fingerprint density at radius 3 is 2.62 bits per heavy atom. The molecule has 0 atom stereocenters. The summed E-state index contributed by atoms with van der Waals surface area (Å²) in [5.41, 5.74) is 6.16. The second-order valence-corrected chi connectivity index (χ2v) is 8.15. The van der Waals surface area contributed by atoms with Crippen LogP contribution >= 0.6 is 0 Å². The van der Waals surface area contributed by atoms with Crippen molar-refractivity contribution in [1.82, 2.24) is 9.78 Å². The van der Waals surface area contributed by atoms with Crippen LogP contribution in [0.5, 0.6) is 5.88 Å². The van der Waals surface area contributed by atoms with Crippen molar-refractivity contribution in [2.24, 2.45) is 10.9 Å². The van der Waals surface area contributed by atoms with Gasteiger partial charge in [0.15, 0.2) is 5.69 Å². The molecule has 1 saturated heterocycles. The predicted octanol–water partition coefficient (Wildman–Crippen LogP) is 4.47. The third-order valence-electron chi connectivity index (χ3n) is 5.56. The molecule has 1 aliphatic heterocycles. The number of carbonyl (C=O) groups excluding carboxylic acids is 2. The van der Waals surface area contributed by atoms with Crippen LogP contribution in [0.2, 0.25) is 0 Å². The van der Waals surface area contributed by atoms with E-state index in [9.17, 15) is 22.8 Å². The zero-order valence-electron chi connectivity index (χ0n) is 19.9. The maximum atomic E-state index is 13.3. The van der Waals surface area contributed by atoms with E-state index in [1.807, 2.05) is 11.8 Å². The SMILES string of the molecule is CON=C1CCCN1c1ccc(NC(=O)Oc2cc(C(F)(F)F)nn2-c2cccc(C(N)=O)c2)cc1C. The number of alkyl halides is 3. The van der Waals surface area contributed by atoms with Crippen LogP contribution in [0.3, 0.4) is 0 Å². The number of aryl methyl sites for hydroxylation is 1. The van der Waals surface area contributed by atoms with E-state index in [0.29, 0.717) is 11.8 Å². The van der Waals surface area contributed by atoms with Gasteiger partial charge >= 0.3 is 12.3 Å². The molecule has 0 radical (unpaired) electrons. The van der Waals surface area contributed by atoms with Crippen molar-refractivity contribution in [2.75, 3.05) is 23.9 Å². The standard InChI is InChI=1S/C24H23F3N6O4/c1-14-11-16(8-9-18(14)32-10-4-7-20(32)31-36-2)29-23(35)37-21-13-19(24(25,26)27)30-33(21)17-6-3-5-15(12-17)22(28)34/h3,5-6,8-9,11-13H,4,7,10H2,1-2H3,(H2,28,34)(H,29,35). The molecular formula is C24H23F3N6O4. The first kappa shape index (κ1) is 25.5. The Hall–Kier alpha value is -4.55. The molecule has 1 aromatic heterocycles. The number of ether oxygens (including phenoxy) is 1. The van der Waals surface area contributed by atoms with Crippen molar-refractivity contribution < 1.29 is 32.3 Å². The molecule has 0 spiro atoms. The molecule has 37 heavy (non-hydrogen) atoms. The highest BCUT2D eigenvalue weighted by Gasteiger charge is 2.36. The van der Waals surface area contributed by atoms with Crippen molar-refractivity contribution in [1.29, 1.82) is 0 Å². The van der Waals surface area contributed by atoms with Gasteiger partial charge < -0.3 is 20.2 Å². The van der Waals surface area contributed by atoms with E-state index in [0.717, 1.165) is 41.2 Å². The Morgan fingerprint density at radius 1 is 1.16 bits per heavy atom. The van der Waals surface area contributed by atoms with Crippen LogP contribution in [-0.2, 0) is 11.0 Å². The first-order valence-electron chi connectivity index (χ1n) is 11.1. The Kier molecular flexibility index (Phi) is 7.05. The van der Waals surface area contributed by atoms with Crippen LogP contribution in [0.4, 0.5) is 29.3 Å². The summed E-state index contributed by atoms with van der Waals surface area (Å²) >= 11 is 0. The summed E-state index contributed by atoms with van der Waals surface area (Å²) in [5.74, 6) is -0.490. The fourth-order valence-corrected chi connectivity index (χ4v) is 3.94. The number of hydrogen-bond acceptors (Lipinski definition) is 6. The zero-order valence-corrected chi connectivity index (χ0v) is 19.9. The highest BCUT2D eigenvalue weighted by atomic mass is 19.4. The van der Waals surface area contributed by atoms with Crippen molar-refractivity contribution in [3.05, 3.63) is 65.4 Å². The molecule has 2 heterocycles. The van der Waals surface area contributed by atoms with Gasteiger partial charge in [-0.2, -0.15) is 23.0 Å². The smallest absolute Gasteiger partial charge is 0.398 e. The number of oxime groups is 1. The third kappa shape index (κ3) is 5.66. The number of rotatable bonds is 6. The topological polar surface area (TPSA) is 124 Å². The number of benzene rings is 2. The maximum absolute atomic E-state index is 13.3. The van der Waals surface area contributed by atoms with Gasteiger partial charge in [-0.05, 0) is 55.3 Å². The van der Waals surface area contributed by atoms with Crippen molar-refractivity contribution >= 4 is 29.2 Å². The lowest BCUT2D eigenvalue weighted by molar-refractivity contribution is -0.141. The number of anilines is 2. The molecule has 194 valence electrons. The number of halogens is 3. The molecule has 1 aliphatic rings.